The van der Waals surface area contributed by atoms with Crippen molar-refractivity contribution in [2.45, 2.75) is 275 Å². The molecule has 0 radical (unpaired) electrons. The van der Waals surface area contributed by atoms with Crippen LogP contribution in [0.3, 0.4) is 0 Å². The van der Waals surface area contributed by atoms with E-state index < -0.39 is 63.1 Å². The van der Waals surface area contributed by atoms with E-state index in [1.54, 1.807) is 0 Å². The lowest BCUT2D eigenvalue weighted by Gasteiger charge is -2.41. The van der Waals surface area contributed by atoms with Gasteiger partial charge < -0.3 is 39.9 Å². The molecule has 0 aromatic rings. The van der Waals surface area contributed by atoms with Gasteiger partial charge in [0, 0.05) is 13.0 Å². The van der Waals surface area contributed by atoms with Crippen LogP contribution < -0.4 is 0 Å². The smallest absolute Gasteiger partial charge is 0.457 e. The Balaban J connectivity index is 2.33. The van der Waals surface area contributed by atoms with Crippen molar-refractivity contribution < 1.29 is 58.3 Å². The Hall–Kier alpha value is -1.44. The van der Waals surface area contributed by atoms with Crippen molar-refractivity contribution in [3.05, 3.63) is 36.5 Å². The van der Waals surface area contributed by atoms with Gasteiger partial charge in [-0.3, -0.25) is 13.8 Å². The van der Waals surface area contributed by atoms with Gasteiger partial charge in [-0.05, 0) is 51.4 Å². The fourth-order valence-corrected chi connectivity index (χ4v) is 9.22. The van der Waals surface area contributed by atoms with Crippen LogP contribution in [0, 0.1) is 0 Å². The molecule has 1 fully saturated rings. The number of esters is 1. The van der Waals surface area contributed by atoms with Gasteiger partial charge in [0.25, 0.3) is 0 Å². The Morgan fingerprint density at radius 3 is 1.29 bits per heavy atom. The van der Waals surface area contributed by atoms with Crippen molar-refractivity contribution in [1.29, 1.82) is 0 Å². The highest BCUT2D eigenvalue weighted by atomic mass is 31.2. The summed E-state index contributed by atoms with van der Waals surface area (Å²) in [4.78, 5) is 23.3. The SMILES string of the molecule is CCCCCCC/C=C\C/C=C\C/C=C\CCCCCCCCC(=O)OC(COCCCCCCCCCCCCCCCCCCCC)COP(=O)(O)OC1C(O)C(O)C(O)C(O)C1O. The van der Waals surface area contributed by atoms with Gasteiger partial charge in [0.2, 0.25) is 0 Å². The Bertz CT molecular complexity index is 1230. The van der Waals surface area contributed by atoms with E-state index in [0.29, 0.717) is 13.0 Å². The van der Waals surface area contributed by atoms with Crippen molar-refractivity contribution >= 4 is 13.8 Å². The lowest BCUT2D eigenvalue weighted by Crippen LogP contribution is -2.64. The minimum atomic E-state index is -5.03. The zero-order valence-electron chi connectivity index (χ0n) is 41.7. The van der Waals surface area contributed by atoms with Gasteiger partial charge in [-0.1, -0.05) is 211 Å². The van der Waals surface area contributed by atoms with E-state index in [4.69, 9.17) is 18.5 Å². The molecule has 1 aliphatic rings. The van der Waals surface area contributed by atoms with Crippen LogP contribution in [0.4, 0.5) is 0 Å². The highest BCUT2D eigenvalue weighted by Gasteiger charge is 2.51. The zero-order valence-corrected chi connectivity index (χ0v) is 42.6. The number of carbonyl (C=O) groups excluding carboxylic acids is 1. The summed E-state index contributed by atoms with van der Waals surface area (Å²) in [6, 6.07) is 0. The second-order valence-electron chi connectivity index (χ2n) is 18.7. The summed E-state index contributed by atoms with van der Waals surface area (Å²) < 4.78 is 34.3. The predicted molar refractivity (Wildman–Crippen MR) is 267 cm³/mol. The predicted octanol–water partition coefficient (Wildman–Crippen LogP) is 12.2. The molecule has 0 bridgehead atoms. The quantitative estimate of drug-likeness (QED) is 0.0147. The van der Waals surface area contributed by atoms with Crippen LogP contribution in [0.25, 0.3) is 0 Å². The molecule has 1 rings (SSSR count). The molecule has 0 heterocycles. The van der Waals surface area contributed by atoms with Crippen LogP contribution >= 0.6 is 7.82 Å². The van der Waals surface area contributed by atoms with Gasteiger partial charge in [0.15, 0.2) is 0 Å². The summed E-state index contributed by atoms with van der Waals surface area (Å²) in [5.41, 5.74) is 0. The number of unbranched alkanes of at least 4 members (excludes halogenated alkanes) is 28. The molecule has 0 aromatic heterocycles. The molecule has 0 spiro atoms. The van der Waals surface area contributed by atoms with Crippen LogP contribution in [-0.4, -0.2) is 98.9 Å². The number of phosphoric acid groups is 1. The van der Waals surface area contributed by atoms with E-state index in [-0.39, 0.29) is 13.0 Å². The third-order valence-corrected chi connectivity index (χ3v) is 13.5. The Labute approximate surface area is 402 Å². The number of hydrogen-bond acceptors (Lipinski definition) is 11. The molecule has 1 aliphatic carbocycles. The minimum Gasteiger partial charge on any atom is -0.457 e. The van der Waals surface area contributed by atoms with Crippen LogP contribution in [0.15, 0.2) is 36.5 Å². The third-order valence-electron chi connectivity index (χ3n) is 12.5. The minimum absolute atomic E-state index is 0.0790. The number of aliphatic hydroxyl groups excluding tert-OH is 5. The van der Waals surface area contributed by atoms with Gasteiger partial charge in [-0.2, -0.15) is 0 Å². The van der Waals surface area contributed by atoms with E-state index in [0.717, 1.165) is 70.6 Å². The molecular formula is C53H99O12P. The summed E-state index contributed by atoms with van der Waals surface area (Å²) in [7, 11) is -5.03. The molecule has 66 heavy (non-hydrogen) atoms. The van der Waals surface area contributed by atoms with E-state index >= 15 is 0 Å². The second kappa shape index (κ2) is 43.6. The number of allylic oxidation sites excluding steroid dienone is 6. The molecule has 6 unspecified atom stereocenters. The highest BCUT2D eigenvalue weighted by Crippen LogP contribution is 2.47. The number of phosphoric ester groups is 1. The van der Waals surface area contributed by atoms with Crippen LogP contribution in [-0.2, 0) is 27.9 Å². The van der Waals surface area contributed by atoms with Gasteiger partial charge in [-0.15, -0.1) is 0 Å². The Morgan fingerprint density at radius 2 is 0.848 bits per heavy atom. The molecule has 1 saturated carbocycles. The first kappa shape index (κ1) is 62.6. The lowest BCUT2D eigenvalue weighted by molar-refractivity contribution is -0.220. The number of rotatable bonds is 46. The topological polar surface area (TPSA) is 192 Å². The van der Waals surface area contributed by atoms with Gasteiger partial charge in [0.05, 0.1) is 13.2 Å². The third kappa shape index (κ3) is 34.8. The normalized spacial score (nSPS) is 21.6. The average Bonchev–Trinajstić information content (AvgIpc) is 3.30. The maximum Gasteiger partial charge on any atom is 0.472 e. The average molecular weight is 959 g/mol. The lowest BCUT2D eigenvalue weighted by atomic mass is 9.85. The molecule has 6 atom stereocenters. The summed E-state index contributed by atoms with van der Waals surface area (Å²) in [6.07, 6.45) is 40.6. The molecule has 0 aliphatic heterocycles. The van der Waals surface area contributed by atoms with E-state index in [1.165, 1.54) is 135 Å². The molecule has 12 nitrogen and oxygen atoms in total. The summed E-state index contributed by atoms with van der Waals surface area (Å²) in [5.74, 6) is -0.486. The number of ether oxygens (including phenoxy) is 2. The maximum absolute atomic E-state index is 12.9. The molecule has 388 valence electrons. The fraction of sp³-hybridized carbons (Fsp3) is 0.868. The highest BCUT2D eigenvalue weighted by molar-refractivity contribution is 7.47. The van der Waals surface area contributed by atoms with Crippen molar-refractivity contribution in [3.63, 3.8) is 0 Å². The van der Waals surface area contributed by atoms with Gasteiger partial charge in [0.1, 0.15) is 42.7 Å². The number of carbonyl (C=O) groups is 1. The number of aliphatic hydroxyl groups is 5. The Kier molecular flexibility index (Phi) is 41.3. The first-order chi connectivity index (χ1) is 32.0. The second-order valence-corrected chi connectivity index (χ2v) is 20.1. The first-order valence-electron chi connectivity index (χ1n) is 26.8. The van der Waals surface area contributed by atoms with Gasteiger partial charge >= 0.3 is 13.8 Å². The molecular weight excluding hydrogens is 860 g/mol. The van der Waals surface area contributed by atoms with E-state index in [2.05, 4.69) is 50.3 Å². The fourth-order valence-electron chi connectivity index (χ4n) is 8.25. The van der Waals surface area contributed by atoms with Crippen LogP contribution in [0.2, 0.25) is 0 Å². The van der Waals surface area contributed by atoms with Gasteiger partial charge in [-0.25, -0.2) is 4.57 Å². The summed E-state index contributed by atoms with van der Waals surface area (Å²) >= 11 is 0. The molecule has 0 amide bonds. The van der Waals surface area contributed by atoms with Crippen LogP contribution in [0.5, 0.6) is 0 Å². The summed E-state index contributed by atoms with van der Waals surface area (Å²) in [5, 5.41) is 50.3. The summed E-state index contributed by atoms with van der Waals surface area (Å²) in [6.45, 7) is 4.27. The van der Waals surface area contributed by atoms with E-state index in [9.17, 15) is 39.8 Å². The Morgan fingerprint density at radius 1 is 0.485 bits per heavy atom. The molecule has 13 heteroatoms. The first-order valence-corrected chi connectivity index (χ1v) is 28.3. The van der Waals surface area contributed by atoms with Crippen LogP contribution in [0.1, 0.15) is 232 Å². The van der Waals surface area contributed by atoms with Crippen molar-refractivity contribution in [2.75, 3.05) is 19.8 Å². The van der Waals surface area contributed by atoms with Crippen molar-refractivity contribution in [1.82, 2.24) is 0 Å². The standard InChI is InChI=1S/C53H99O12P/c1-3-5-7-9-11-13-15-17-19-21-23-24-25-26-28-30-32-34-36-38-40-42-47(54)64-46(45-63-66(60,61)65-53-51(58)49(56)48(55)50(57)52(53)59)44-62-43-41-39-37-35-33-31-29-27-22-20-18-16-14-12-10-8-6-4-2/h15,17,21,23,25-26,46,48-53,55-59H,3-14,16,18-20,22,24,27-45H2,1-2H3,(H,60,61)/b17-15-,23-21-,26-25-. The molecule has 0 saturated heterocycles. The maximum atomic E-state index is 12.9. The zero-order chi connectivity index (χ0) is 48.4. The largest absolute Gasteiger partial charge is 0.472 e. The monoisotopic (exact) mass is 959 g/mol. The van der Waals surface area contributed by atoms with E-state index in [1.807, 2.05) is 0 Å². The van der Waals surface area contributed by atoms with Crippen molar-refractivity contribution in [3.8, 4) is 0 Å². The molecule has 6 N–H and O–H groups in total. The number of hydrogen-bond donors (Lipinski definition) is 6. The van der Waals surface area contributed by atoms with Crippen molar-refractivity contribution in [2.24, 2.45) is 0 Å². The molecule has 0 aromatic carbocycles.